The van der Waals surface area contributed by atoms with Gasteiger partial charge < -0.3 is 0 Å². The van der Waals surface area contributed by atoms with Gasteiger partial charge in [-0.25, -0.2) is 0 Å². The van der Waals surface area contributed by atoms with Crippen LogP contribution in [0.2, 0.25) is 0 Å². The van der Waals surface area contributed by atoms with Crippen LogP contribution in [0.4, 0.5) is 0 Å². The highest BCUT2D eigenvalue weighted by Crippen LogP contribution is 2.11. The van der Waals surface area contributed by atoms with Crippen molar-refractivity contribution >= 4 is 0 Å². The number of rotatable bonds is 2. The zero-order valence-corrected chi connectivity index (χ0v) is 7.16. The van der Waals surface area contributed by atoms with Crippen LogP contribution >= 0.6 is 0 Å². The molecule has 0 N–H and O–H groups in total. The van der Waals surface area contributed by atoms with Crippen molar-refractivity contribution in [2.45, 2.75) is 19.4 Å². The molecule has 0 atom stereocenters. The first-order valence-corrected chi connectivity index (χ1v) is 4.48. The second-order valence-electron chi connectivity index (χ2n) is 3.28. The molecule has 0 aromatic carbocycles. The van der Waals surface area contributed by atoms with Gasteiger partial charge in [0.05, 0.1) is 6.20 Å². The van der Waals surface area contributed by atoms with Gasteiger partial charge in [0.25, 0.3) is 0 Å². The van der Waals surface area contributed by atoms with E-state index in [0.717, 1.165) is 6.54 Å². The highest BCUT2D eigenvalue weighted by molar-refractivity contribution is 5.07. The second-order valence-corrected chi connectivity index (χ2v) is 3.28. The van der Waals surface area contributed by atoms with Crippen molar-refractivity contribution in [3.8, 4) is 0 Å². The van der Waals surface area contributed by atoms with E-state index in [9.17, 15) is 0 Å². The summed E-state index contributed by atoms with van der Waals surface area (Å²) in [7, 11) is 0. The number of hydrogen-bond acceptors (Lipinski definition) is 2. The van der Waals surface area contributed by atoms with Gasteiger partial charge in [0, 0.05) is 12.7 Å². The monoisotopic (exact) mass is 161 g/mol. The standard InChI is InChI=1S/C10H13N2/c1-2-7-12(6-1)9-10-4-3-5-11-8-10/h3-4,8H,1-2,6-7,9H2. The molecule has 0 saturated carbocycles. The van der Waals surface area contributed by atoms with Crippen LogP contribution in [0, 0.1) is 6.20 Å². The minimum absolute atomic E-state index is 1.06. The molecule has 1 radical (unpaired) electrons. The van der Waals surface area contributed by atoms with Crippen molar-refractivity contribution in [3.63, 3.8) is 0 Å². The molecule has 2 heteroatoms. The molecule has 0 spiro atoms. The van der Waals surface area contributed by atoms with Crippen LogP contribution in [0.15, 0.2) is 18.3 Å². The lowest BCUT2D eigenvalue weighted by Gasteiger charge is -2.13. The van der Waals surface area contributed by atoms with Crippen LogP contribution in [0.25, 0.3) is 0 Å². The van der Waals surface area contributed by atoms with E-state index in [-0.39, 0.29) is 0 Å². The lowest BCUT2D eigenvalue weighted by Crippen LogP contribution is -2.18. The highest BCUT2D eigenvalue weighted by atomic mass is 15.1. The quantitative estimate of drug-likeness (QED) is 0.653. The molecule has 1 aliphatic rings. The van der Waals surface area contributed by atoms with Crippen molar-refractivity contribution in [2.75, 3.05) is 13.1 Å². The zero-order valence-electron chi connectivity index (χ0n) is 7.16. The van der Waals surface area contributed by atoms with Crippen molar-refractivity contribution in [2.24, 2.45) is 0 Å². The Balaban J connectivity index is 1.94. The summed E-state index contributed by atoms with van der Waals surface area (Å²) < 4.78 is 0. The molecule has 1 aromatic heterocycles. The first-order chi connectivity index (χ1) is 5.95. The molecule has 2 heterocycles. The first kappa shape index (κ1) is 7.74. The summed E-state index contributed by atoms with van der Waals surface area (Å²) in [5.41, 5.74) is 1.30. The van der Waals surface area contributed by atoms with Gasteiger partial charge >= 0.3 is 0 Å². The number of nitrogens with zero attached hydrogens (tertiary/aromatic N) is 2. The third kappa shape index (κ3) is 1.83. The fourth-order valence-corrected chi connectivity index (χ4v) is 1.64. The Morgan fingerprint density at radius 1 is 1.42 bits per heavy atom. The first-order valence-electron chi connectivity index (χ1n) is 4.48. The average Bonchev–Trinajstić information content (AvgIpc) is 2.59. The van der Waals surface area contributed by atoms with Crippen LogP contribution in [0.3, 0.4) is 0 Å². The highest BCUT2D eigenvalue weighted by Gasteiger charge is 2.10. The maximum absolute atomic E-state index is 3.98. The van der Waals surface area contributed by atoms with E-state index in [1.165, 1.54) is 31.5 Å². The van der Waals surface area contributed by atoms with Crippen molar-refractivity contribution in [1.82, 2.24) is 9.88 Å². The molecule has 0 amide bonds. The number of pyridine rings is 1. The fraction of sp³-hybridized carbons (Fsp3) is 0.500. The van der Waals surface area contributed by atoms with E-state index in [1.807, 2.05) is 12.3 Å². The SMILES string of the molecule is [c]1ccc(CN2CCCC2)cn1. The van der Waals surface area contributed by atoms with Gasteiger partial charge in [0.1, 0.15) is 0 Å². The van der Waals surface area contributed by atoms with Crippen LogP contribution in [0.1, 0.15) is 18.4 Å². The average molecular weight is 161 g/mol. The van der Waals surface area contributed by atoms with Crippen LogP contribution in [-0.2, 0) is 6.54 Å². The van der Waals surface area contributed by atoms with Crippen molar-refractivity contribution in [3.05, 3.63) is 30.1 Å². The Kier molecular flexibility index (Phi) is 2.37. The topological polar surface area (TPSA) is 16.1 Å². The summed E-state index contributed by atoms with van der Waals surface area (Å²) in [6.45, 7) is 3.55. The Morgan fingerprint density at radius 3 is 2.92 bits per heavy atom. The van der Waals surface area contributed by atoms with E-state index < -0.39 is 0 Å². The third-order valence-electron chi connectivity index (χ3n) is 2.28. The minimum atomic E-state index is 1.06. The predicted octanol–water partition coefficient (Wildman–Crippen LogP) is 1.48. The Morgan fingerprint density at radius 2 is 2.25 bits per heavy atom. The van der Waals surface area contributed by atoms with Crippen LogP contribution in [-0.4, -0.2) is 23.0 Å². The Hall–Kier alpha value is -0.890. The van der Waals surface area contributed by atoms with Crippen LogP contribution in [0.5, 0.6) is 0 Å². The maximum Gasteiger partial charge on any atom is 0.0886 e. The molecule has 2 rings (SSSR count). The van der Waals surface area contributed by atoms with E-state index in [1.54, 1.807) is 0 Å². The fourth-order valence-electron chi connectivity index (χ4n) is 1.64. The van der Waals surface area contributed by atoms with Gasteiger partial charge in [-0.2, -0.15) is 0 Å². The largest absolute Gasteiger partial charge is 0.299 e. The number of aromatic nitrogens is 1. The van der Waals surface area contributed by atoms with E-state index in [0.29, 0.717) is 0 Å². The molecular weight excluding hydrogens is 148 g/mol. The molecule has 12 heavy (non-hydrogen) atoms. The normalized spacial score (nSPS) is 18.3. The molecular formula is C10H13N2. The lowest BCUT2D eigenvalue weighted by molar-refractivity contribution is 0.331. The Labute approximate surface area is 73.2 Å². The number of hydrogen-bond donors (Lipinski definition) is 0. The molecule has 1 saturated heterocycles. The van der Waals surface area contributed by atoms with E-state index in [4.69, 9.17) is 0 Å². The van der Waals surface area contributed by atoms with E-state index >= 15 is 0 Å². The van der Waals surface area contributed by atoms with Gasteiger partial charge in [-0.1, -0.05) is 6.07 Å². The van der Waals surface area contributed by atoms with Gasteiger partial charge in [-0.05, 0) is 37.6 Å². The lowest BCUT2D eigenvalue weighted by atomic mass is 10.3. The summed E-state index contributed by atoms with van der Waals surface area (Å²) in [6.07, 6.45) is 7.40. The Bertz CT molecular complexity index is 227. The summed E-state index contributed by atoms with van der Waals surface area (Å²) >= 11 is 0. The smallest absolute Gasteiger partial charge is 0.0886 e. The van der Waals surface area contributed by atoms with E-state index in [2.05, 4.69) is 22.1 Å². The second kappa shape index (κ2) is 3.68. The zero-order chi connectivity index (χ0) is 8.23. The summed E-state index contributed by atoms with van der Waals surface area (Å²) in [5, 5.41) is 0. The molecule has 0 aliphatic carbocycles. The molecule has 1 aromatic rings. The predicted molar refractivity (Wildman–Crippen MR) is 47.6 cm³/mol. The third-order valence-corrected chi connectivity index (χ3v) is 2.28. The molecule has 0 bridgehead atoms. The molecule has 63 valence electrons. The summed E-state index contributed by atoms with van der Waals surface area (Å²) in [6, 6.07) is 3.97. The molecule has 0 unspecified atom stereocenters. The van der Waals surface area contributed by atoms with Crippen molar-refractivity contribution in [1.29, 1.82) is 0 Å². The van der Waals surface area contributed by atoms with Gasteiger partial charge in [-0.15, -0.1) is 0 Å². The van der Waals surface area contributed by atoms with Crippen molar-refractivity contribution < 1.29 is 0 Å². The maximum atomic E-state index is 3.98. The number of likely N-dealkylation sites (tertiary alicyclic amines) is 1. The van der Waals surface area contributed by atoms with Gasteiger partial charge in [-0.3, -0.25) is 9.88 Å². The summed E-state index contributed by atoms with van der Waals surface area (Å²) in [5.74, 6) is 0. The van der Waals surface area contributed by atoms with Gasteiger partial charge in [0.15, 0.2) is 0 Å². The summed E-state index contributed by atoms with van der Waals surface area (Å²) in [4.78, 5) is 6.44. The van der Waals surface area contributed by atoms with Gasteiger partial charge in [0.2, 0.25) is 0 Å². The molecule has 1 fully saturated rings. The minimum Gasteiger partial charge on any atom is -0.299 e. The molecule has 2 nitrogen and oxygen atoms in total. The molecule has 1 aliphatic heterocycles. The van der Waals surface area contributed by atoms with Crippen LogP contribution < -0.4 is 0 Å².